The molecule has 0 radical (unpaired) electrons. The van der Waals surface area contributed by atoms with Crippen molar-refractivity contribution in [1.29, 1.82) is 0 Å². The minimum atomic E-state index is -4.44. The number of Topliss-reactive ketones (excluding diaryl/α,β-unsaturated/α-hetero) is 1. The summed E-state index contributed by atoms with van der Waals surface area (Å²) in [5, 5.41) is 2.70. The summed E-state index contributed by atoms with van der Waals surface area (Å²) in [6.07, 6.45) is -4.44. The Bertz CT molecular complexity index is 934. The Labute approximate surface area is 143 Å². The lowest BCUT2D eigenvalue weighted by atomic mass is 9.94. The number of hydrogen-bond acceptors (Lipinski definition) is 1. The molecule has 0 unspecified atom stereocenters. The molecule has 0 amide bonds. The molecule has 3 rings (SSSR count). The molecular formula is C17H9BrClF3O. The number of halogens is 5. The van der Waals surface area contributed by atoms with Crippen LogP contribution in [0.2, 0.25) is 5.02 Å². The largest absolute Gasteiger partial charge is 0.416 e. The van der Waals surface area contributed by atoms with Crippen LogP contribution in [0.1, 0.15) is 15.9 Å². The highest BCUT2D eigenvalue weighted by Crippen LogP contribution is 2.36. The lowest BCUT2D eigenvalue weighted by Crippen LogP contribution is -2.06. The van der Waals surface area contributed by atoms with E-state index in [2.05, 4.69) is 15.9 Å². The van der Waals surface area contributed by atoms with Gasteiger partial charge in [-0.1, -0.05) is 39.7 Å². The molecule has 0 spiro atoms. The van der Waals surface area contributed by atoms with E-state index in [0.29, 0.717) is 32.1 Å². The number of carbonyl (C=O) groups is 1. The van der Waals surface area contributed by atoms with Crippen molar-refractivity contribution in [2.75, 3.05) is 5.33 Å². The second-order valence-corrected chi connectivity index (χ2v) is 6.10. The fourth-order valence-electron chi connectivity index (χ4n) is 2.61. The van der Waals surface area contributed by atoms with Crippen molar-refractivity contribution in [2.45, 2.75) is 6.18 Å². The van der Waals surface area contributed by atoms with Crippen molar-refractivity contribution in [3.8, 4) is 0 Å². The summed E-state index contributed by atoms with van der Waals surface area (Å²) in [6.45, 7) is 0. The first-order valence-corrected chi connectivity index (χ1v) is 8.13. The molecule has 0 aromatic heterocycles. The first-order chi connectivity index (χ1) is 10.8. The maximum absolute atomic E-state index is 13.0. The highest BCUT2D eigenvalue weighted by atomic mass is 79.9. The predicted octanol–water partition coefficient (Wildman–Crippen LogP) is 6.24. The Hall–Kier alpha value is -1.59. The Morgan fingerprint density at radius 1 is 1.00 bits per heavy atom. The van der Waals surface area contributed by atoms with Crippen molar-refractivity contribution in [2.24, 2.45) is 0 Å². The summed E-state index contributed by atoms with van der Waals surface area (Å²) < 4.78 is 39.0. The number of alkyl halides is 4. The number of hydrogen-bond donors (Lipinski definition) is 0. The second kappa shape index (κ2) is 5.80. The predicted molar refractivity (Wildman–Crippen MR) is 89.6 cm³/mol. The molecule has 0 saturated heterocycles. The molecule has 3 aromatic carbocycles. The van der Waals surface area contributed by atoms with Gasteiger partial charge in [0.15, 0.2) is 5.78 Å². The van der Waals surface area contributed by atoms with Crippen LogP contribution in [0.25, 0.3) is 21.5 Å². The van der Waals surface area contributed by atoms with E-state index in [1.807, 2.05) is 0 Å². The molecule has 0 saturated carbocycles. The lowest BCUT2D eigenvalue weighted by molar-refractivity contribution is -0.137. The standard InChI is InChI=1S/C17H9BrClF3O/c18-8-16(23)15-6-9-5-11(19)2-4-12(9)14-7-10(17(20,21)22)1-3-13(14)15/h1-7H,8H2. The van der Waals surface area contributed by atoms with Crippen molar-refractivity contribution in [1.82, 2.24) is 0 Å². The Morgan fingerprint density at radius 3 is 2.35 bits per heavy atom. The van der Waals surface area contributed by atoms with E-state index in [-0.39, 0.29) is 11.1 Å². The van der Waals surface area contributed by atoms with E-state index in [4.69, 9.17) is 11.6 Å². The molecule has 0 aliphatic rings. The fraction of sp³-hybridized carbons (Fsp3) is 0.118. The summed E-state index contributed by atoms with van der Waals surface area (Å²) in [6, 6.07) is 10.0. The van der Waals surface area contributed by atoms with Gasteiger partial charge in [-0.3, -0.25) is 4.79 Å². The van der Waals surface area contributed by atoms with E-state index < -0.39 is 11.7 Å². The number of rotatable bonds is 2. The average Bonchev–Trinajstić information content (AvgIpc) is 2.51. The Morgan fingerprint density at radius 2 is 1.70 bits per heavy atom. The van der Waals surface area contributed by atoms with Gasteiger partial charge in [-0.25, -0.2) is 0 Å². The van der Waals surface area contributed by atoms with Crippen LogP contribution < -0.4 is 0 Å². The minimum absolute atomic E-state index is 0.0925. The van der Waals surface area contributed by atoms with E-state index in [1.165, 1.54) is 6.07 Å². The highest BCUT2D eigenvalue weighted by molar-refractivity contribution is 9.09. The monoisotopic (exact) mass is 400 g/mol. The zero-order valence-electron chi connectivity index (χ0n) is 11.5. The van der Waals surface area contributed by atoms with Crippen molar-refractivity contribution in [3.63, 3.8) is 0 Å². The quantitative estimate of drug-likeness (QED) is 0.282. The van der Waals surface area contributed by atoms with Gasteiger partial charge in [-0.2, -0.15) is 13.2 Å². The first-order valence-electron chi connectivity index (χ1n) is 6.63. The van der Waals surface area contributed by atoms with Gasteiger partial charge in [-0.15, -0.1) is 0 Å². The van der Waals surface area contributed by atoms with Gasteiger partial charge in [0.25, 0.3) is 0 Å². The van der Waals surface area contributed by atoms with Gasteiger partial charge >= 0.3 is 6.18 Å². The van der Waals surface area contributed by atoms with E-state index in [0.717, 1.165) is 12.1 Å². The lowest BCUT2D eigenvalue weighted by Gasteiger charge is -2.13. The minimum Gasteiger partial charge on any atom is -0.293 e. The van der Waals surface area contributed by atoms with Crippen LogP contribution in [0.4, 0.5) is 13.2 Å². The molecule has 1 nitrogen and oxygen atoms in total. The van der Waals surface area contributed by atoms with Gasteiger partial charge in [0.1, 0.15) is 0 Å². The number of benzene rings is 3. The number of ketones is 1. The van der Waals surface area contributed by atoms with E-state index in [1.54, 1.807) is 24.3 Å². The van der Waals surface area contributed by atoms with Crippen LogP contribution in [-0.4, -0.2) is 11.1 Å². The molecule has 6 heteroatoms. The summed E-state index contributed by atoms with van der Waals surface area (Å²) in [5.41, 5.74) is -0.370. The molecule has 0 fully saturated rings. The normalized spacial score (nSPS) is 12.0. The topological polar surface area (TPSA) is 17.1 Å². The Kier molecular flexibility index (Phi) is 4.10. The fourth-order valence-corrected chi connectivity index (χ4v) is 3.10. The van der Waals surface area contributed by atoms with Crippen LogP contribution in [0.15, 0.2) is 42.5 Å². The van der Waals surface area contributed by atoms with Gasteiger partial charge in [0.05, 0.1) is 10.9 Å². The SMILES string of the molecule is O=C(CBr)c1cc2cc(Cl)ccc2c2cc(C(F)(F)F)ccc12. The summed E-state index contributed by atoms with van der Waals surface area (Å²) >= 11 is 9.07. The molecule has 0 N–H and O–H groups in total. The third-order valence-corrected chi connectivity index (χ3v) is 4.41. The maximum atomic E-state index is 13.0. The molecule has 0 heterocycles. The Balaban J connectivity index is 2.46. The summed E-state index contributed by atoms with van der Waals surface area (Å²) in [7, 11) is 0. The molecule has 0 atom stereocenters. The van der Waals surface area contributed by atoms with Crippen LogP contribution in [0.5, 0.6) is 0 Å². The zero-order chi connectivity index (χ0) is 16.8. The number of carbonyl (C=O) groups excluding carboxylic acids is 1. The molecule has 23 heavy (non-hydrogen) atoms. The van der Waals surface area contributed by atoms with Crippen LogP contribution in [0, 0.1) is 0 Å². The first kappa shape index (κ1) is 16.3. The summed E-state index contributed by atoms with van der Waals surface area (Å²) in [4.78, 5) is 12.1. The average molecular weight is 402 g/mol. The zero-order valence-corrected chi connectivity index (χ0v) is 13.9. The number of fused-ring (bicyclic) bond motifs is 3. The molecule has 3 aromatic rings. The molecule has 0 aliphatic carbocycles. The third kappa shape index (κ3) is 2.95. The van der Waals surface area contributed by atoms with Crippen LogP contribution in [0.3, 0.4) is 0 Å². The third-order valence-electron chi connectivity index (χ3n) is 3.66. The smallest absolute Gasteiger partial charge is 0.293 e. The van der Waals surface area contributed by atoms with Gasteiger partial charge in [-0.05, 0) is 51.9 Å². The molecule has 0 bridgehead atoms. The van der Waals surface area contributed by atoms with Crippen molar-refractivity contribution < 1.29 is 18.0 Å². The van der Waals surface area contributed by atoms with E-state index in [9.17, 15) is 18.0 Å². The van der Waals surface area contributed by atoms with E-state index >= 15 is 0 Å². The molecule has 0 aliphatic heterocycles. The van der Waals surface area contributed by atoms with Crippen LogP contribution >= 0.6 is 27.5 Å². The highest BCUT2D eigenvalue weighted by Gasteiger charge is 2.31. The van der Waals surface area contributed by atoms with Crippen molar-refractivity contribution in [3.05, 3.63) is 58.6 Å². The van der Waals surface area contributed by atoms with Gasteiger partial charge < -0.3 is 0 Å². The van der Waals surface area contributed by atoms with Gasteiger partial charge in [0, 0.05) is 10.6 Å². The molecule has 118 valence electrons. The summed E-state index contributed by atoms with van der Waals surface area (Å²) in [5.74, 6) is -0.198. The second-order valence-electron chi connectivity index (χ2n) is 5.10. The van der Waals surface area contributed by atoms with Gasteiger partial charge in [0.2, 0.25) is 0 Å². The van der Waals surface area contributed by atoms with Crippen molar-refractivity contribution >= 4 is 54.9 Å². The van der Waals surface area contributed by atoms with Crippen LogP contribution in [-0.2, 0) is 6.18 Å². The molecular weight excluding hydrogens is 393 g/mol. The maximum Gasteiger partial charge on any atom is 0.416 e.